The quantitative estimate of drug-likeness (QED) is 0.872. The number of hydrogen-bond acceptors (Lipinski definition) is 3. The van der Waals surface area contributed by atoms with Crippen molar-refractivity contribution >= 4 is 0 Å². The van der Waals surface area contributed by atoms with Crippen LogP contribution in [0.5, 0.6) is 0 Å². The van der Waals surface area contributed by atoms with E-state index in [-0.39, 0.29) is 0 Å². The Morgan fingerprint density at radius 3 is 2.71 bits per heavy atom. The van der Waals surface area contributed by atoms with E-state index in [1.54, 1.807) is 0 Å². The number of nitrogens with zero attached hydrogens (tertiary/aromatic N) is 1. The molecule has 2 aliphatic rings. The molecule has 2 atom stereocenters. The first-order chi connectivity index (χ1) is 8.22. The summed E-state index contributed by atoms with van der Waals surface area (Å²) in [5.74, 6) is 3.83. The minimum Gasteiger partial charge on any atom is -0.464 e. The lowest BCUT2D eigenvalue weighted by molar-refractivity contribution is 0.190. The number of rotatable bonds is 3. The first-order valence-corrected chi connectivity index (χ1v) is 6.79. The van der Waals surface area contributed by atoms with Crippen LogP contribution in [-0.4, -0.2) is 24.0 Å². The van der Waals surface area contributed by atoms with Gasteiger partial charge in [-0.15, -0.1) is 0 Å². The van der Waals surface area contributed by atoms with Crippen molar-refractivity contribution in [1.82, 2.24) is 4.90 Å². The summed E-state index contributed by atoms with van der Waals surface area (Å²) in [5, 5.41) is 0. The second-order valence-corrected chi connectivity index (χ2v) is 5.74. The summed E-state index contributed by atoms with van der Waals surface area (Å²) in [6, 6.07) is 4.72. The van der Waals surface area contributed by atoms with Gasteiger partial charge in [0.05, 0.1) is 6.54 Å². The number of piperidine rings is 1. The summed E-state index contributed by atoms with van der Waals surface area (Å²) in [5.41, 5.74) is 5.91. The van der Waals surface area contributed by atoms with Crippen LogP contribution >= 0.6 is 0 Å². The normalized spacial score (nSPS) is 30.7. The van der Waals surface area contributed by atoms with Crippen LogP contribution in [0.2, 0.25) is 0 Å². The lowest BCUT2D eigenvalue weighted by Crippen LogP contribution is -2.39. The molecule has 1 saturated heterocycles. The van der Waals surface area contributed by atoms with Gasteiger partial charge in [0.25, 0.3) is 0 Å². The van der Waals surface area contributed by atoms with Crippen molar-refractivity contribution in [2.45, 2.75) is 44.7 Å². The largest absolute Gasteiger partial charge is 0.464 e. The second kappa shape index (κ2) is 4.46. The van der Waals surface area contributed by atoms with E-state index in [0.29, 0.717) is 12.0 Å². The van der Waals surface area contributed by atoms with Crippen LogP contribution in [0.25, 0.3) is 0 Å². The molecule has 1 aromatic heterocycles. The predicted octanol–water partition coefficient (Wildman–Crippen LogP) is 2.33. The zero-order valence-corrected chi connectivity index (χ0v) is 10.6. The van der Waals surface area contributed by atoms with Gasteiger partial charge in [0.2, 0.25) is 0 Å². The molecule has 2 fully saturated rings. The maximum Gasteiger partial charge on any atom is 0.118 e. The third-order valence-electron chi connectivity index (χ3n) is 4.17. The Hall–Kier alpha value is -0.800. The molecule has 3 nitrogen and oxygen atoms in total. The summed E-state index contributed by atoms with van der Waals surface area (Å²) in [4.78, 5) is 2.45. The van der Waals surface area contributed by atoms with E-state index in [2.05, 4.69) is 24.0 Å². The molecule has 0 radical (unpaired) electrons. The van der Waals surface area contributed by atoms with Crippen LogP contribution in [0.15, 0.2) is 16.5 Å². The molecule has 0 bridgehead atoms. The molecule has 1 aromatic rings. The first-order valence-electron chi connectivity index (χ1n) is 6.79. The van der Waals surface area contributed by atoms with Gasteiger partial charge in [-0.3, -0.25) is 4.90 Å². The molecule has 0 amide bonds. The fraction of sp³-hybridized carbons (Fsp3) is 0.714. The van der Waals surface area contributed by atoms with Gasteiger partial charge in [0.15, 0.2) is 0 Å². The third-order valence-corrected chi connectivity index (χ3v) is 4.17. The Labute approximate surface area is 103 Å². The van der Waals surface area contributed by atoms with E-state index < -0.39 is 0 Å². The van der Waals surface area contributed by atoms with E-state index in [4.69, 9.17) is 10.2 Å². The minimum absolute atomic E-state index is 0.408. The average Bonchev–Trinajstić information content (AvgIpc) is 2.88. The molecule has 17 heavy (non-hydrogen) atoms. The van der Waals surface area contributed by atoms with Crippen LogP contribution in [0.4, 0.5) is 0 Å². The van der Waals surface area contributed by atoms with E-state index in [0.717, 1.165) is 44.2 Å². The van der Waals surface area contributed by atoms with Crippen molar-refractivity contribution in [3.05, 3.63) is 23.7 Å². The highest BCUT2D eigenvalue weighted by Crippen LogP contribution is 2.47. The highest BCUT2D eigenvalue weighted by molar-refractivity contribution is 5.17. The van der Waals surface area contributed by atoms with E-state index in [1.165, 1.54) is 12.2 Å². The number of likely N-dealkylation sites (tertiary alicyclic amines) is 1. The molecular formula is C14H22N2O. The monoisotopic (exact) mass is 234 g/mol. The molecule has 2 unspecified atom stereocenters. The van der Waals surface area contributed by atoms with Crippen molar-refractivity contribution in [2.24, 2.45) is 11.7 Å². The van der Waals surface area contributed by atoms with Gasteiger partial charge >= 0.3 is 0 Å². The Kier molecular flexibility index (Phi) is 2.97. The molecule has 2 N–H and O–H groups in total. The Morgan fingerprint density at radius 1 is 1.35 bits per heavy atom. The van der Waals surface area contributed by atoms with Gasteiger partial charge in [0.1, 0.15) is 11.5 Å². The third kappa shape index (κ3) is 2.55. The Bertz CT molecular complexity index is 379. The van der Waals surface area contributed by atoms with Crippen LogP contribution < -0.4 is 5.73 Å². The Balaban J connectivity index is 1.56. The lowest BCUT2D eigenvalue weighted by atomic mass is 10.1. The molecule has 0 aromatic carbocycles. The molecule has 1 aliphatic heterocycles. The van der Waals surface area contributed by atoms with Gasteiger partial charge in [-0.1, -0.05) is 6.92 Å². The Morgan fingerprint density at radius 2 is 2.06 bits per heavy atom. The van der Waals surface area contributed by atoms with Crippen molar-refractivity contribution in [1.29, 1.82) is 0 Å². The summed E-state index contributed by atoms with van der Waals surface area (Å²) < 4.78 is 5.93. The fourth-order valence-corrected chi connectivity index (χ4v) is 2.73. The molecule has 94 valence electrons. The zero-order chi connectivity index (χ0) is 11.8. The van der Waals surface area contributed by atoms with E-state index >= 15 is 0 Å². The number of furan rings is 1. The summed E-state index contributed by atoms with van der Waals surface area (Å²) in [6.45, 7) is 5.46. The number of hydrogen-bond donors (Lipinski definition) is 1. The smallest absolute Gasteiger partial charge is 0.118 e. The van der Waals surface area contributed by atoms with Crippen molar-refractivity contribution in [3.63, 3.8) is 0 Å². The summed E-state index contributed by atoms with van der Waals surface area (Å²) >= 11 is 0. The molecule has 3 heteroatoms. The van der Waals surface area contributed by atoms with Gasteiger partial charge in [-0.05, 0) is 37.3 Å². The highest BCUT2D eigenvalue weighted by atomic mass is 16.3. The van der Waals surface area contributed by atoms with Crippen LogP contribution in [0, 0.1) is 5.92 Å². The molecule has 3 rings (SSSR count). The predicted molar refractivity (Wildman–Crippen MR) is 67.7 cm³/mol. The molecule has 1 aliphatic carbocycles. The molecular weight excluding hydrogens is 212 g/mol. The van der Waals surface area contributed by atoms with E-state index in [9.17, 15) is 0 Å². The lowest BCUT2D eigenvalue weighted by Gasteiger charge is -2.29. The highest BCUT2D eigenvalue weighted by Gasteiger charge is 2.36. The number of nitrogens with two attached hydrogens (primary N) is 1. The molecule has 2 heterocycles. The van der Waals surface area contributed by atoms with Crippen LogP contribution in [-0.2, 0) is 6.54 Å². The van der Waals surface area contributed by atoms with Crippen LogP contribution in [0.3, 0.4) is 0 Å². The summed E-state index contributed by atoms with van der Waals surface area (Å²) in [6.07, 6.45) is 3.53. The van der Waals surface area contributed by atoms with E-state index in [1.807, 2.05) is 0 Å². The minimum atomic E-state index is 0.408. The topological polar surface area (TPSA) is 42.4 Å². The maximum atomic E-state index is 5.93. The van der Waals surface area contributed by atoms with Gasteiger partial charge in [-0.2, -0.15) is 0 Å². The van der Waals surface area contributed by atoms with Gasteiger partial charge < -0.3 is 10.2 Å². The molecule has 0 spiro atoms. The van der Waals surface area contributed by atoms with Crippen molar-refractivity contribution < 1.29 is 4.42 Å². The van der Waals surface area contributed by atoms with Crippen molar-refractivity contribution in [3.8, 4) is 0 Å². The SMILES string of the molecule is CC1CC1c1ccc(CN2CCC(N)CC2)o1. The fourth-order valence-electron chi connectivity index (χ4n) is 2.73. The summed E-state index contributed by atoms with van der Waals surface area (Å²) in [7, 11) is 0. The second-order valence-electron chi connectivity index (χ2n) is 5.74. The van der Waals surface area contributed by atoms with Gasteiger partial charge in [0, 0.05) is 25.0 Å². The molecule has 1 saturated carbocycles. The first kappa shape index (κ1) is 11.3. The standard InChI is InChI=1S/C14H22N2O/c1-10-8-13(10)14-3-2-12(17-14)9-16-6-4-11(15)5-7-16/h2-3,10-11,13H,4-9,15H2,1H3. The average molecular weight is 234 g/mol. The van der Waals surface area contributed by atoms with Crippen molar-refractivity contribution in [2.75, 3.05) is 13.1 Å². The van der Waals surface area contributed by atoms with Crippen LogP contribution in [0.1, 0.15) is 43.6 Å². The van der Waals surface area contributed by atoms with Gasteiger partial charge in [-0.25, -0.2) is 0 Å². The maximum absolute atomic E-state index is 5.93. The zero-order valence-electron chi connectivity index (χ0n) is 10.6.